The molecule has 1 N–H and O–H groups in total. The maximum atomic E-state index is 11.2. The first kappa shape index (κ1) is 13.2. The van der Waals surface area contributed by atoms with E-state index in [1.165, 1.54) is 12.0 Å². The first-order chi connectivity index (χ1) is 7.63. The van der Waals surface area contributed by atoms with Crippen molar-refractivity contribution in [3.63, 3.8) is 0 Å². The molecule has 4 heteroatoms. The predicted octanol–water partition coefficient (Wildman–Crippen LogP) is 2.08. The van der Waals surface area contributed by atoms with Crippen molar-refractivity contribution in [2.45, 2.75) is 26.3 Å². The minimum absolute atomic E-state index is 0.0872. The van der Waals surface area contributed by atoms with E-state index in [4.69, 9.17) is 0 Å². The Bertz CT molecular complexity index is 311. The van der Waals surface area contributed by atoms with Crippen LogP contribution in [0.1, 0.15) is 18.7 Å². The van der Waals surface area contributed by atoms with Gasteiger partial charge in [-0.2, -0.15) is 0 Å². The molecule has 1 heterocycles. The van der Waals surface area contributed by atoms with Crippen molar-refractivity contribution in [3.05, 3.63) is 22.4 Å². The van der Waals surface area contributed by atoms with Crippen LogP contribution in [0.4, 0.5) is 0 Å². The van der Waals surface area contributed by atoms with Crippen LogP contribution in [-0.4, -0.2) is 25.7 Å². The number of methoxy groups -OCH3 is 1. The van der Waals surface area contributed by atoms with Crippen LogP contribution < -0.4 is 5.32 Å². The molecule has 0 saturated carbocycles. The molecule has 2 atom stereocenters. The fraction of sp³-hybridized carbons (Fsp3) is 0.583. The van der Waals surface area contributed by atoms with Gasteiger partial charge in [0.25, 0.3) is 0 Å². The van der Waals surface area contributed by atoms with Crippen LogP contribution >= 0.6 is 11.3 Å². The van der Waals surface area contributed by atoms with E-state index < -0.39 is 0 Å². The largest absolute Gasteiger partial charge is 0.469 e. The van der Waals surface area contributed by atoms with E-state index in [0.717, 1.165) is 6.42 Å². The van der Waals surface area contributed by atoms with Crippen LogP contribution in [0, 0.1) is 5.92 Å². The highest BCUT2D eigenvalue weighted by molar-refractivity contribution is 7.09. The van der Waals surface area contributed by atoms with Gasteiger partial charge in [-0.15, -0.1) is 11.3 Å². The van der Waals surface area contributed by atoms with Gasteiger partial charge in [-0.25, -0.2) is 0 Å². The summed E-state index contributed by atoms with van der Waals surface area (Å²) >= 11 is 1.76. The molecule has 2 unspecified atom stereocenters. The van der Waals surface area contributed by atoms with Crippen LogP contribution in [-0.2, 0) is 16.0 Å². The second kappa shape index (κ2) is 6.66. The zero-order valence-electron chi connectivity index (χ0n) is 10.0. The van der Waals surface area contributed by atoms with Gasteiger partial charge in [0.05, 0.1) is 13.0 Å². The molecule has 0 bridgehead atoms. The summed E-state index contributed by atoms with van der Waals surface area (Å²) in [6.45, 7) is 4.67. The summed E-state index contributed by atoms with van der Waals surface area (Å²) in [5, 5.41) is 5.42. The third-order valence-electron chi connectivity index (χ3n) is 2.46. The molecule has 0 aliphatic rings. The number of carbonyl (C=O) groups excluding carboxylic acids is 1. The molecular formula is C12H19NO2S. The molecule has 0 radical (unpaired) electrons. The monoisotopic (exact) mass is 241 g/mol. The highest BCUT2D eigenvalue weighted by atomic mass is 32.1. The van der Waals surface area contributed by atoms with E-state index in [0.29, 0.717) is 12.6 Å². The Kier molecular flexibility index (Phi) is 5.49. The van der Waals surface area contributed by atoms with Crippen molar-refractivity contribution in [1.29, 1.82) is 0 Å². The predicted molar refractivity (Wildman–Crippen MR) is 66.7 cm³/mol. The molecular weight excluding hydrogens is 222 g/mol. The van der Waals surface area contributed by atoms with Gasteiger partial charge in [-0.05, 0) is 24.8 Å². The molecule has 0 fully saturated rings. The van der Waals surface area contributed by atoms with Gasteiger partial charge >= 0.3 is 5.97 Å². The third-order valence-corrected chi connectivity index (χ3v) is 3.36. The summed E-state index contributed by atoms with van der Waals surface area (Å²) in [6, 6.07) is 4.57. The SMILES string of the molecule is COC(=O)C(C)CNC(C)Cc1cccs1. The summed E-state index contributed by atoms with van der Waals surface area (Å²) in [7, 11) is 1.42. The lowest BCUT2D eigenvalue weighted by Gasteiger charge is -2.15. The van der Waals surface area contributed by atoms with Crippen molar-refractivity contribution < 1.29 is 9.53 Å². The molecule has 90 valence electrons. The van der Waals surface area contributed by atoms with Gasteiger partial charge in [0.15, 0.2) is 0 Å². The number of esters is 1. The first-order valence-electron chi connectivity index (χ1n) is 5.47. The molecule has 3 nitrogen and oxygen atoms in total. The molecule has 1 rings (SSSR count). The first-order valence-corrected chi connectivity index (χ1v) is 6.35. The average Bonchev–Trinajstić information content (AvgIpc) is 2.77. The standard InChI is InChI=1S/C12H19NO2S/c1-9(12(14)15-3)8-13-10(2)7-11-5-4-6-16-11/h4-6,9-10,13H,7-8H2,1-3H3. The normalized spacial score (nSPS) is 14.4. The summed E-state index contributed by atoms with van der Waals surface area (Å²) in [6.07, 6.45) is 1.01. The molecule has 0 aliphatic heterocycles. The van der Waals surface area contributed by atoms with Gasteiger partial charge in [0.1, 0.15) is 0 Å². The Morgan fingerprint density at radius 1 is 1.56 bits per heavy atom. The van der Waals surface area contributed by atoms with E-state index in [1.807, 2.05) is 6.92 Å². The van der Waals surface area contributed by atoms with Crippen molar-refractivity contribution in [1.82, 2.24) is 5.32 Å². The Balaban J connectivity index is 2.24. The Morgan fingerprint density at radius 2 is 2.31 bits per heavy atom. The van der Waals surface area contributed by atoms with Crippen LogP contribution in [0.2, 0.25) is 0 Å². The maximum Gasteiger partial charge on any atom is 0.309 e. The lowest BCUT2D eigenvalue weighted by molar-refractivity contribution is -0.144. The minimum atomic E-state index is -0.157. The van der Waals surface area contributed by atoms with Crippen LogP contribution in [0.3, 0.4) is 0 Å². The smallest absolute Gasteiger partial charge is 0.309 e. The van der Waals surface area contributed by atoms with Crippen LogP contribution in [0.25, 0.3) is 0 Å². The third kappa shape index (κ3) is 4.33. The quantitative estimate of drug-likeness (QED) is 0.775. The molecule has 0 spiro atoms. The summed E-state index contributed by atoms with van der Waals surface area (Å²) in [5.41, 5.74) is 0. The number of ether oxygens (including phenoxy) is 1. The van der Waals surface area contributed by atoms with E-state index in [1.54, 1.807) is 11.3 Å². The zero-order chi connectivity index (χ0) is 12.0. The van der Waals surface area contributed by atoms with Gasteiger partial charge in [0, 0.05) is 17.5 Å². The Labute approximate surface area is 101 Å². The number of thiophene rings is 1. The molecule has 1 aromatic rings. The van der Waals surface area contributed by atoms with Gasteiger partial charge in [-0.3, -0.25) is 4.79 Å². The lowest BCUT2D eigenvalue weighted by atomic mass is 10.1. The van der Waals surface area contributed by atoms with E-state index in [-0.39, 0.29) is 11.9 Å². The van der Waals surface area contributed by atoms with Crippen molar-refractivity contribution in [3.8, 4) is 0 Å². The number of nitrogens with one attached hydrogen (secondary N) is 1. The summed E-state index contributed by atoms with van der Waals surface area (Å²) in [4.78, 5) is 12.5. The average molecular weight is 241 g/mol. The van der Waals surface area contributed by atoms with Crippen LogP contribution in [0.5, 0.6) is 0 Å². The summed E-state index contributed by atoms with van der Waals surface area (Å²) < 4.78 is 4.67. The highest BCUT2D eigenvalue weighted by Gasteiger charge is 2.14. The van der Waals surface area contributed by atoms with E-state index in [2.05, 4.69) is 34.5 Å². The molecule has 0 saturated heterocycles. The second-order valence-electron chi connectivity index (χ2n) is 4.02. The number of carbonyl (C=O) groups is 1. The van der Waals surface area contributed by atoms with Crippen molar-refractivity contribution in [2.75, 3.05) is 13.7 Å². The van der Waals surface area contributed by atoms with Crippen LogP contribution in [0.15, 0.2) is 17.5 Å². The molecule has 16 heavy (non-hydrogen) atoms. The molecule has 0 aliphatic carbocycles. The van der Waals surface area contributed by atoms with Gasteiger partial charge in [0.2, 0.25) is 0 Å². The Hall–Kier alpha value is -0.870. The van der Waals surface area contributed by atoms with E-state index >= 15 is 0 Å². The summed E-state index contributed by atoms with van der Waals surface area (Å²) in [5.74, 6) is -0.244. The van der Waals surface area contributed by atoms with E-state index in [9.17, 15) is 4.79 Å². The highest BCUT2D eigenvalue weighted by Crippen LogP contribution is 2.11. The minimum Gasteiger partial charge on any atom is -0.469 e. The number of rotatable bonds is 6. The second-order valence-corrected chi connectivity index (χ2v) is 5.05. The zero-order valence-corrected chi connectivity index (χ0v) is 10.8. The number of hydrogen-bond acceptors (Lipinski definition) is 4. The van der Waals surface area contributed by atoms with Crippen molar-refractivity contribution >= 4 is 17.3 Å². The topological polar surface area (TPSA) is 38.3 Å². The lowest BCUT2D eigenvalue weighted by Crippen LogP contribution is -2.34. The van der Waals surface area contributed by atoms with Gasteiger partial charge in [-0.1, -0.05) is 13.0 Å². The van der Waals surface area contributed by atoms with Gasteiger partial charge < -0.3 is 10.1 Å². The molecule has 0 amide bonds. The maximum absolute atomic E-state index is 11.2. The molecule has 1 aromatic heterocycles. The molecule has 0 aromatic carbocycles. The Morgan fingerprint density at radius 3 is 2.88 bits per heavy atom. The van der Waals surface area contributed by atoms with Crippen molar-refractivity contribution in [2.24, 2.45) is 5.92 Å². The fourth-order valence-corrected chi connectivity index (χ4v) is 2.30. The fourth-order valence-electron chi connectivity index (χ4n) is 1.47. The number of hydrogen-bond donors (Lipinski definition) is 1.